The van der Waals surface area contributed by atoms with Crippen molar-refractivity contribution in [2.45, 2.75) is 0 Å². The van der Waals surface area contributed by atoms with Crippen LogP contribution in [0, 0.1) is 0 Å². The predicted octanol–water partition coefficient (Wildman–Crippen LogP) is 3.05. The first-order chi connectivity index (χ1) is 9.13. The van der Waals surface area contributed by atoms with Gasteiger partial charge in [0, 0.05) is 42.9 Å². The fraction of sp³-hybridized carbons (Fsp3) is 0.143. The summed E-state index contributed by atoms with van der Waals surface area (Å²) in [5, 5.41) is 3.52. The molecule has 0 aliphatic carbocycles. The van der Waals surface area contributed by atoms with Crippen molar-refractivity contribution in [3.63, 3.8) is 0 Å². The Labute approximate surface area is 117 Å². The molecule has 0 fully saturated rings. The fourth-order valence-electron chi connectivity index (χ4n) is 1.78. The number of nitrogens with zero attached hydrogens (tertiary/aromatic N) is 2. The number of halogens is 1. The second-order valence-corrected chi connectivity index (χ2v) is 4.45. The van der Waals surface area contributed by atoms with Crippen molar-refractivity contribution in [3.05, 3.63) is 53.3 Å². The number of amides is 1. The molecule has 1 heterocycles. The minimum Gasteiger partial charge on any atom is -0.387 e. The molecule has 1 aromatic heterocycles. The van der Waals surface area contributed by atoms with E-state index in [-0.39, 0.29) is 5.91 Å². The Morgan fingerprint density at radius 1 is 1.26 bits per heavy atom. The van der Waals surface area contributed by atoms with Crippen LogP contribution in [0.3, 0.4) is 0 Å². The van der Waals surface area contributed by atoms with E-state index in [1.54, 1.807) is 61.7 Å². The molecule has 2 rings (SSSR count). The van der Waals surface area contributed by atoms with Gasteiger partial charge in [0.25, 0.3) is 5.91 Å². The SMILES string of the molecule is CNc1ccc(Cl)cc1C(=O)N(C)c1ccncc1. The Morgan fingerprint density at radius 2 is 1.95 bits per heavy atom. The number of hydrogen-bond acceptors (Lipinski definition) is 3. The molecule has 5 heteroatoms. The van der Waals surface area contributed by atoms with Crippen molar-refractivity contribution in [2.24, 2.45) is 0 Å². The Bertz CT molecular complexity index is 586. The van der Waals surface area contributed by atoms with Crippen LogP contribution >= 0.6 is 11.6 Å². The van der Waals surface area contributed by atoms with Crippen LogP contribution in [0.4, 0.5) is 11.4 Å². The van der Waals surface area contributed by atoms with Crippen LogP contribution in [0.15, 0.2) is 42.7 Å². The predicted molar refractivity (Wildman–Crippen MR) is 78.0 cm³/mol. The minimum atomic E-state index is -0.127. The van der Waals surface area contributed by atoms with Gasteiger partial charge < -0.3 is 10.2 Å². The molecule has 1 N–H and O–H groups in total. The third-order valence-electron chi connectivity index (χ3n) is 2.84. The summed E-state index contributed by atoms with van der Waals surface area (Å²) in [4.78, 5) is 18.0. The third-order valence-corrected chi connectivity index (χ3v) is 3.07. The highest BCUT2D eigenvalue weighted by molar-refractivity contribution is 6.31. The molecule has 0 saturated heterocycles. The molecule has 0 aliphatic rings. The zero-order valence-corrected chi connectivity index (χ0v) is 11.5. The van der Waals surface area contributed by atoms with Crippen LogP contribution in [0.25, 0.3) is 0 Å². The summed E-state index contributed by atoms with van der Waals surface area (Å²) in [7, 11) is 3.49. The van der Waals surface area contributed by atoms with E-state index in [1.165, 1.54) is 0 Å². The van der Waals surface area contributed by atoms with E-state index in [0.717, 1.165) is 11.4 Å². The molecule has 0 spiro atoms. The molecule has 0 saturated carbocycles. The van der Waals surface area contributed by atoms with Crippen molar-refractivity contribution >= 4 is 28.9 Å². The largest absolute Gasteiger partial charge is 0.387 e. The maximum absolute atomic E-state index is 12.5. The van der Waals surface area contributed by atoms with Gasteiger partial charge in [0.05, 0.1) is 5.56 Å². The summed E-state index contributed by atoms with van der Waals surface area (Å²) < 4.78 is 0. The van der Waals surface area contributed by atoms with Gasteiger partial charge in [-0.1, -0.05) is 11.6 Å². The topological polar surface area (TPSA) is 45.2 Å². The van der Waals surface area contributed by atoms with Gasteiger partial charge in [-0.05, 0) is 30.3 Å². The summed E-state index contributed by atoms with van der Waals surface area (Å²) in [6.07, 6.45) is 3.30. The molecule has 1 amide bonds. The lowest BCUT2D eigenvalue weighted by atomic mass is 10.1. The minimum absolute atomic E-state index is 0.127. The van der Waals surface area contributed by atoms with Crippen LogP contribution in [-0.4, -0.2) is 25.0 Å². The monoisotopic (exact) mass is 275 g/mol. The zero-order valence-electron chi connectivity index (χ0n) is 10.7. The average Bonchev–Trinajstić information content (AvgIpc) is 2.46. The smallest absolute Gasteiger partial charge is 0.260 e. The maximum Gasteiger partial charge on any atom is 0.260 e. The first-order valence-electron chi connectivity index (χ1n) is 5.79. The van der Waals surface area contributed by atoms with E-state index in [9.17, 15) is 4.79 Å². The number of carbonyl (C=O) groups excluding carboxylic acids is 1. The van der Waals surface area contributed by atoms with Gasteiger partial charge in [-0.3, -0.25) is 9.78 Å². The van der Waals surface area contributed by atoms with Crippen LogP contribution < -0.4 is 10.2 Å². The molecule has 4 nitrogen and oxygen atoms in total. The maximum atomic E-state index is 12.5. The highest BCUT2D eigenvalue weighted by Gasteiger charge is 2.17. The molecule has 0 atom stereocenters. The van der Waals surface area contributed by atoms with Crippen LogP contribution in [0.2, 0.25) is 5.02 Å². The molecule has 2 aromatic rings. The molecule has 98 valence electrons. The van der Waals surface area contributed by atoms with E-state index < -0.39 is 0 Å². The van der Waals surface area contributed by atoms with Crippen molar-refractivity contribution in [2.75, 3.05) is 24.3 Å². The number of pyridine rings is 1. The number of benzene rings is 1. The van der Waals surface area contributed by atoms with E-state index >= 15 is 0 Å². The number of aromatic nitrogens is 1. The molecule has 0 unspecified atom stereocenters. The zero-order chi connectivity index (χ0) is 13.8. The second-order valence-electron chi connectivity index (χ2n) is 4.01. The van der Waals surface area contributed by atoms with E-state index in [4.69, 9.17) is 11.6 Å². The number of nitrogens with one attached hydrogen (secondary N) is 1. The van der Waals surface area contributed by atoms with E-state index in [1.807, 2.05) is 0 Å². The molecule has 0 bridgehead atoms. The quantitative estimate of drug-likeness (QED) is 0.936. The normalized spacial score (nSPS) is 10.1. The summed E-state index contributed by atoms with van der Waals surface area (Å²) >= 11 is 5.96. The van der Waals surface area contributed by atoms with E-state index in [0.29, 0.717) is 10.6 Å². The molecule has 0 aliphatic heterocycles. The Morgan fingerprint density at radius 3 is 2.58 bits per heavy atom. The van der Waals surface area contributed by atoms with E-state index in [2.05, 4.69) is 10.3 Å². The van der Waals surface area contributed by atoms with Gasteiger partial charge in [-0.25, -0.2) is 0 Å². The van der Waals surface area contributed by atoms with Crippen molar-refractivity contribution in [1.29, 1.82) is 0 Å². The highest BCUT2D eigenvalue weighted by Crippen LogP contribution is 2.23. The van der Waals surface area contributed by atoms with Crippen LogP contribution in [0.1, 0.15) is 10.4 Å². The number of hydrogen-bond donors (Lipinski definition) is 1. The highest BCUT2D eigenvalue weighted by atomic mass is 35.5. The third kappa shape index (κ3) is 2.85. The van der Waals surface area contributed by atoms with Crippen molar-refractivity contribution < 1.29 is 4.79 Å². The molecular weight excluding hydrogens is 262 g/mol. The lowest BCUT2D eigenvalue weighted by Gasteiger charge is -2.19. The standard InChI is InChI=1S/C14H14ClN3O/c1-16-13-4-3-10(15)9-12(13)14(19)18(2)11-5-7-17-8-6-11/h3-9,16H,1-2H3. The molecule has 1 aromatic carbocycles. The first kappa shape index (κ1) is 13.4. The average molecular weight is 276 g/mol. The first-order valence-corrected chi connectivity index (χ1v) is 6.16. The lowest BCUT2D eigenvalue weighted by molar-refractivity contribution is 0.0994. The van der Waals surface area contributed by atoms with Gasteiger partial charge in [-0.2, -0.15) is 0 Å². The van der Waals surface area contributed by atoms with Gasteiger partial charge in [0.15, 0.2) is 0 Å². The number of rotatable bonds is 3. The van der Waals surface area contributed by atoms with Crippen LogP contribution in [-0.2, 0) is 0 Å². The van der Waals surface area contributed by atoms with Gasteiger partial charge in [0.1, 0.15) is 0 Å². The van der Waals surface area contributed by atoms with Crippen molar-refractivity contribution in [3.8, 4) is 0 Å². The Kier molecular flexibility index (Phi) is 4.02. The molecular formula is C14H14ClN3O. The Hall–Kier alpha value is -2.07. The fourth-order valence-corrected chi connectivity index (χ4v) is 1.95. The summed E-state index contributed by atoms with van der Waals surface area (Å²) in [5.41, 5.74) is 2.06. The molecule has 19 heavy (non-hydrogen) atoms. The summed E-state index contributed by atoms with van der Waals surface area (Å²) in [5.74, 6) is -0.127. The number of anilines is 2. The summed E-state index contributed by atoms with van der Waals surface area (Å²) in [6.45, 7) is 0. The second kappa shape index (κ2) is 5.71. The van der Waals surface area contributed by atoms with Crippen molar-refractivity contribution in [1.82, 2.24) is 4.98 Å². The van der Waals surface area contributed by atoms with Gasteiger partial charge in [-0.15, -0.1) is 0 Å². The Balaban J connectivity index is 2.37. The van der Waals surface area contributed by atoms with Gasteiger partial charge >= 0.3 is 0 Å². The van der Waals surface area contributed by atoms with Crippen LogP contribution in [0.5, 0.6) is 0 Å². The summed E-state index contributed by atoms with van der Waals surface area (Å²) in [6, 6.07) is 8.75. The lowest BCUT2D eigenvalue weighted by Crippen LogP contribution is -2.27. The number of carbonyl (C=O) groups is 1. The van der Waals surface area contributed by atoms with Gasteiger partial charge in [0.2, 0.25) is 0 Å². The molecule has 0 radical (unpaired) electrons.